The maximum atomic E-state index is 12.3. The second-order valence-electron chi connectivity index (χ2n) is 4.30. The zero-order valence-electron chi connectivity index (χ0n) is 10.9. The van der Waals surface area contributed by atoms with Crippen molar-refractivity contribution in [2.75, 3.05) is 13.2 Å². The molecule has 19 heavy (non-hydrogen) atoms. The van der Waals surface area contributed by atoms with Crippen LogP contribution in [0, 0.1) is 22.7 Å². The van der Waals surface area contributed by atoms with Gasteiger partial charge in [-0.25, -0.2) is 4.57 Å². The number of nitriles is 2. The van der Waals surface area contributed by atoms with Gasteiger partial charge in [-0.05, 0) is 12.8 Å². The first kappa shape index (κ1) is 16.1. The second kappa shape index (κ2) is 9.07. The predicted molar refractivity (Wildman–Crippen MR) is 67.9 cm³/mol. The van der Waals surface area contributed by atoms with Crippen LogP contribution in [0.3, 0.4) is 0 Å². The van der Waals surface area contributed by atoms with E-state index in [9.17, 15) is 4.57 Å². The maximum absolute atomic E-state index is 12.3. The van der Waals surface area contributed by atoms with Crippen molar-refractivity contribution >= 4 is 7.82 Å². The summed E-state index contributed by atoms with van der Waals surface area (Å²) >= 11 is 0. The number of phosphoric ester groups is 1. The number of nitrogens with zero attached hydrogens (tertiary/aromatic N) is 2. The molecule has 7 heteroatoms. The Morgan fingerprint density at radius 2 is 1.53 bits per heavy atom. The third kappa shape index (κ3) is 6.71. The van der Waals surface area contributed by atoms with Crippen LogP contribution in [0.25, 0.3) is 0 Å². The Kier molecular flexibility index (Phi) is 7.70. The van der Waals surface area contributed by atoms with E-state index >= 15 is 0 Å². The van der Waals surface area contributed by atoms with Crippen LogP contribution in [0.5, 0.6) is 0 Å². The lowest BCUT2D eigenvalue weighted by Gasteiger charge is -2.26. The molecule has 0 heterocycles. The minimum atomic E-state index is -3.65. The molecule has 0 aromatic rings. The molecule has 1 aliphatic rings. The van der Waals surface area contributed by atoms with Gasteiger partial charge in [-0.2, -0.15) is 10.5 Å². The van der Waals surface area contributed by atoms with Gasteiger partial charge in [0.2, 0.25) is 0 Å². The van der Waals surface area contributed by atoms with Crippen molar-refractivity contribution in [1.29, 1.82) is 10.5 Å². The first-order valence-corrected chi connectivity index (χ1v) is 7.97. The van der Waals surface area contributed by atoms with Gasteiger partial charge >= 0.3 is 7.82 Å². The molecule has 1 aliphatic carbocycles. The van der Waals surface area contributed by atoms with Crippen LogP contribution >= 0.6 is 7.82 Å². The molecule has 0 aromatic carbocycles. The molecule has 1 rings (SSSR count). The quantitative estimate of drug-likeness (QED) is 0.502. The van der Waals surface area contributed by atoms with E-state index in [0.717, 1.165) is 32.1 Å². The lowest BCUT2D eigenvalue weighted by Crippen LogP contribution is -2.17. The Balaban J connectivity index is 2.48. The molecule has 0 spiro atoms. The molecule has 0 amide bonds. The summed E-state index contributed by atoms with van der Waals surface area (Å²) in [7, 11) is -3.65. The zero-order valence-corrected chi connectivity index (χ0v) is 11.8. The average molecular weight is 286 g/mol. The topological polar surface area (TPSA) is 92.3 Å². The first-order chi connectivity index (χ1) is 9.20. The van der Waals surface area contributed by atoms with E-state index < -0.39 is 7.82 Å². The molecule has 0 atom stereocenters. The molecule has 0 N–H and O–H groups in total. The Labute approximate surface area is 113 Å². The first-order valence-electron chi connectivity index (χ1n) is 6.51. The van der Waals surface area contributed by atoms with E-state index in [0.29, 0.717) is 0 Å². The molecule has 0 radical (unpaired) electrons. The Morgan fingerprint density at radius 3 is 2.00 bits per heavy atom. The minimum absolute atomic E-state index is 0.00700. The minimum Gasteiger partial charge on any atom is -0.286 e. The van der Waals surface area contributed by atoms with E-state index in [4.69, 9.17) is 24.1 Å². The Morgan fingerprint density at radius 1 is 1.00 bits per heavy atom. The molecule has 0 unspecified atom stereocenters. The molecule has 0 aromatic heterocycles. The molecule has 106 valence electrons. The van der Waals surface area contributed by atoms with Crippen LogP contribution < -0.4 is 0 Å². The van der Waals surface area contributed by atoms with Crippen molar-refractivity contribution in [2.45, 2.75) is 51.0 Å². The average Bonchev–Trinajstić information content (AvgIpc) is 2.40. The summed E-state index contributed by atoms with van der Waals surface area (Å²) in [5.41, 5.74) is 0. The summed E-state index contributed by atoms with van der Waals surface area (Å²) < 4.78 is 28.0. The molecule has 0 aliphatic heterocycles. The Bertz CT molecular complexity index is 358. The number of phosphoric acid groups is 1. The van der Waals surface area contributed by atoms with Gasteiger partial charge in [0, 0.05) is 0 Å². The second-order valence-corrected chi connectivity index (χ2v) is 5.92. The fraction of sp³-hybridized carbons (Fsp3) is 0.833. The van der Waals surface area contributed by atoms with Gasteiger partial charge < -0.3 is 0 Å². The highest BCUT2D eigenvalue weighted by molar-refractivity contribution is 7.48. The lowest BCUT2D eigenvalue weighted by atomic mass is 9.98. The molecule has 0 bridgehead atoms. The van der Waals surface area contributed by atoms with E-state index in [1.54, 1.807) is 0 Å². The lowest BCUT2D eigenvalue weighted by molar-refractivity contribution is 0.0635. The highest BCUT2D eigenvalue weighted by Crippen LogP contribution is 2.52. The van der Waals surface area contributed by atoms with E-state index in [-0.39, 0.29) is 32.2 Å². The van der Waals surface area contributed by atoms with Crippen LogP contribution in [0.1, 0.15) is 44.9 Å². The largest absolute Gasteiger partial charge is 0.475 e. The molecule has 1 fully saturated rings. The van der Waals surface area contributed by atoms with Crippen LogP contribution in [0.4, 0.5) is 0 Å². The molecular formula is C12H19N2O4P. The normalized spacial score (nSPS) is 16.7. The van der Waals surface area contributed by atoms with Gasteiger partial charge in [-0.3, -0.25) is 13.6 Å². The zero-order chi connectivity index (χ0) is 14.0. The molecule has 0 saturated heterocycles. The van der Waals surface area contributed by atoms with Crippen LogP contribution in [0.2, 0.25) is 0 Å². The SMILES string of the molecule is N#CCCOP(=O)(OCCC#N)OC1CCCCC1. The van der Waals surface area contributed by atoms with E-state index in [1.165, 1.54) is 0 Å². The summed E-state index contributed by atoms with van der Waals surface area (Å²) in [6, 6.07) is 3.80. The van der Waals surface area contributed by atoms with Gasteiger partial charge in [0.05, 0.1) is 44.3 Å². The number of hydrogen-bond donors (Lipinski definition) is 0. The standard InChI is InChI=1S/C12H19N2O4P/c13-8-4-10-16-19(15,17-11-5-9-14)18-12-6-2-1-3-7-12/h12H,1-7,10-11H2. The fourth-order valence-electron chi connectivity index (χ4n) is 1.86. The van der Waals surface area contributed by atoms with Gasteiger partial charge in [0.15, 0.2) is 0 Å². The van der Waals surface area contributed by atoms with Gasteiger partial charge in [-0.15, -0.1) is 0 Å². The monoisotopic (exact) mass is 286 g/mol. The van der Waals surface area contributed by atoms with Crippen molar-refractivity contribution in [3.63, 3.8) is 0 Å². The highest BCUT2D eigenvalue weighted by atomic mass is 31.2. The van der Waals surface area contributed by atoms with Crippen LogP contribution in [0.15, 0.2) is 0 Å². The van der Waals surface area contributed by atoms with E-state index in [2.05, 4.69) is 0 Å². The fourth-order valence-corrected chi connectivity index (χ4v) is 3.26. The van der Waals surface area contributed by atoms with E-state index in [1.807, 2.05) is 12.1 Å². The summed E-state index contributed by atoms with van der Waals surface area (Å²) in [5.74, 6) is 0. The van der Waals surface area contributed by atoms with Crippen molar-refractivity contribution in [3.8, 4) is 12.1 Å². The van der Waals surface area contributed by atoms with Crippen LogP contribution in [-0.2, 0) is 18.1 Å². The smallest absolute Gasteiger partial charge is 0.286 e. The summed E-state index contributed by atoms with van der Waals surface area (Å²) in [4.78, 5) is 0. The summed E-state index contributed by atoms with van der Waals surface area (Å²) in [6.45, 7) is 0.0140. The highest BCUT2D eigenvalue weighted by Gasteiger charge is 2.31. The van der Waals surface area contributed by atoms with Crippen molar-refractivity contribution in [1.82, 2.24) is 0 Å². The van der Waals surface area contributed by atoms with Gasteiger partial charge in [0.25, 0.3) is 0 Å². The number of rotatable bonds is 8. The summed E-state index contributed by atoms with van der Waals surface area (Å²) in [6.07, 6.45) is 5.06. The molecule has 1 saturated carbocycles. The van der Waals surface area contributed by atoms with Gasteiger partial charge in [-0.1, -0.05) is 19.3 Å². The number of hydrogen-bond acceptors (Lipinski definition) is 6. The van der Waals surface area contributed by atoms with Crippen molar-refractivity contribution < 1.29 is 18.1 Å². The third-order valence-electron chi connectivity index (χ3n) is 2.76. The summed E-state index contributed by atoms with van der Waals surface area (Å²) in [5, 5.41) is 16.9. The molecular weight excluding hydrogens is 267 g/mol. The predicted octanol–water partition coefficient (Wildman–Crippen LogP) is 3.30. The van der Waals surface area contributed by atoms with Crippen molar-refractivity contribution in [2.24, 2.45) is 0 Å². The van der Waals surface area contributed by atoms with Crippen molar-refractivity contribution in [3.05, 3.63) is 0 Å². The molecule has 6 nitrogen and oxygen atoms in total. The van der Waals surface area contributed by atoms with Gasteiger partial charge in [0.1, 0.15) is 0 Å². The maximum Gasteiger partial charge on any atom is 0.475 e. The van der Waals surface area contributed by atoms with Crippen LogP contribution in [-0.4, -0.2) is 19.3 Å². The Hall–Kier alpha value is -0.910. The third-order valence-corrected chi connectivity index (χ3v) is 4.31.